The lowest BCUT2D eigenvalue weighted by Gasteiger charge is -2.17. The van der Waals surface area contributed by atoms with Crippen LogP contribution in [0.5, 0.6) is 0 Å². The number of hydrogen-bond donors (Lipinski definition) is 0. The van der Waals surface area contributed by atoms with E-state index in [4.69, 9.17) is 11.6 Å². The van der Waals surface area contributed by atoms with Crippen molar-refractivity contribution >= 4 is 22.6 Å². The van der Waals surface area contributed by atoms with Crippen molar-refractivity contribution in [1.29, 1.82) is 0 Å². The Bertz CT molecular complexity index is 641. The van der Waals surface area contributed by atoms with Crippen molar-refractivity contribution in [3.05, 3.63) is 29.8 Å². The average Bonchev–Trinajstić information content (AvgIpc) is 3.27. The van der Waals surface area contributed by atoms with E-state index in [1.807, 2.05) is 6.07 Å². The lowest BCUT2D eigenvalue weighted by Crippen LogP contribution is -2.15. The summed E-state index contributed by atoms with van der Waals surface area (Å²) in [5.41, 5.74) is 2.23. The van der Waals surface area contributed by atoms with Crippen molar-refractivity contribution in [2.24, 2.45) is 11.3 Å². The number of hydrogen-bond acceptors (Lipinski definition) is 1. The van der Waals surface area contributed by atoms with Crippen LogP contribution in [0.1, 0.15) is 31.5 Å². The number of halogens is 2. The standard InChI is InChI=1S/C15H16ClFN2/c16-8-14-18-12-7-11(17)3-4-13(12)19(14)9-15(5-6-15)10-1-2-10/h3-4,7,10H,1-2,5-6,8-9H2. The van der Waals surface area contributed by atoms with Gasteiger partial charge in [-0.2, -0.15) is 0 Å². The molecule has 2 saturated carbocycles. The second-order valence-corrected chi connectivity index (χ2v) is 6.28. The molecule has 0 aliphatic heterocycles. The fourth-order valence-electron chi connectivity index (χ4n) is 3.30. The van der Waals surface area contributed by atoms with E-state index in [0.717, 1.165) is 29.3 Å². The molecule has 1 aromatic heterocycles. The van der Waals surface area contributed by atoms with Crippen LogP contribution in [0, 0.1) is 17.2 Å². The minimum absolute atomic E-state index is 0.235. The molecular formula is C15H16ClFN2. The predicted octanol–water partition coefficient (Wildman–Crippen LogP) is 4.10. The Kier molecular flexibility index (Phi) is 2.44. The van der Waals surface area contributed by atoms with Gasteiger partial charge >= 0.3 is 0 Å². The van der Waals surface area contributed by atoms with E-state index < -0.39 is 0 Å². The summed E-state index contributed by atoms with van der Waals surface area (Å²) in [5.74, 6) is 1.92. The van der Waals surface area contributed by atoms with Gasteiger partial charge in [0.05, 0.1) is 16.9 Å². The SMILES string of the molecule is Fc1ccc2c(c1)nc(CCl)n2CC1(C2CC2)CC1. The van der Waals surface area contributed by atoms with Gasteiger partial charge < -0.3 is 4.57 Å². The Hall–Kier alpha value is -1.09. The van der Waals surface area contributed by atoms with Crippen molar-refractivity contribution in [1.82, 2.24) is 9.55 Å². The Morgan fingerprint density at radius 2 is 2.16 bits per heavy atom. The second-order valence-electron chi connectivity index (χ2n) is 6.02. The molecule has 100 valence electrons. The molecular weight excluding hydrogens is 263 g/mol. The number of aromatic nitrogens is 2. The van der Waals surface area contributed by atoms with Gasteiger partial charge in [0.2, 0.25) is 0 Å². The fourth-order valence-corrected chi connectivity index (χ4v) is 3.50. The van der Waals surface area contributed by atoms with Crippen LogP contribution in [0.15, 0.2) is 18.2 Å². The van der Waals surface area contributed by atoms with Crippen LogP contribution in [0.4, 0.5) is 4.39 Å². The zero-order valence-electron chi connectivity index (χ0n) is 10.7. The number of alkyl halides is 1. The van der Waals surface area contributed by atoms with Gasteiger partial charge in [-0.1, -0.05) is 0 Å². The molecule has 4 heteroatoms. The Balaban J connectivity index is 1.78. The van der Waals surface area contributed by atoms with Gasteiger partial charge in [0.25, 0.3) is 0 Å². The van der Waals surface area contributed by atoms with E-state index in [9.17, 15) is 4.39 Å². The van der Waals surface area contributed by atoms with Crippen LogP contribution in [0.3, 0.4) is 0 Å². The van der Waals surface area contributed by atoms with Crippen molar-refractivity contribution in [3.63, 3.8) is 0 Å². The first-order chi connectivity index (χ1) is 9.22. The molecule has 0 unspecified atom stereocenters. The number of benzene rings is 1. The summed E-state index contributed by atoms with van der Waals surface area (Å²) in [6.07, 6.45) is 5.38. The van der Waals surface area contributed by atoms with E-state index in [2.05, 4.69) is 9.55 Å². The summed E-state index contributed by atoms with van der Waals surface area (Å²) in [6.45, 7) is 1.00. The van der Waals surface area contributed by atoms with E-state index >= 15 is 0 Å². The molecule has 4 rings (SSSR count). The lowest BCUT2D eigenvalue weighted by molar-refractivity contribution is 0.371. The largest absolute Gasteiger partial charge is 0.326 e. The molecule has 2 aliphatic carbocycles. The molecule has 2 aliphatic rings. The van der Waals surface area contributed by atoms with Crippen LogP contribution >= 0.6 is 11.6 Å². The summed E-state index contributed by atoms with van der Waals surface area (Å²) < 4.78 is 15.5. The molecule has 0 spiro atoms. The van der Waals surface area contributed by atoms with E-state index in [-0.39, 0.29) is 5.82 Å². The smallest absolute Gasteiger partial charge is 0.125 e. The molecule has 1 aromatic carbocycles. The number of nitrogens with zero attached hydrogens (tertiary/aromatic N) is 2. The maximum atomic E-state index is 13.3. The minimum Gasteiger partial charge on any atom is -0.326 e. The molecule has 1 heterocycles. The van der Waals surface area contributed by atoms with E-state index in [0.29, 0.717) is 11.3 Å². The molecule has 0 atom stereocenters. The van der Waals surface area contributed by atoms with Gasteiger partial charge in [0.1, 0.15) is 11.6 Å². The second kappa shape index (κ2) is 3.95. The van der Waals surface area contributed by atoms with Crippen LogP contribution in [0.25, 0.3) is 11.0 Å². The van der Waals surface area contributed by atoms with Gasteiger partial charge in [0, 0.05) is 12.6 Å². The van der Waals surface area contributed by atoms with Crippen LogP contribution in [0.2, 0.25) is 0 Å². The monoisotopic (exact) mass is 278 g/mol. The van der Waals surface area contributed by atoms with Gasteiger partial charge in [0.15, 0.2) is 0 Å². The van der Waals surface area contributed by atoms with E-state index in [1.54, 1.807) is 0 Å². The molecule has 19 heavy (non-hydrogen) atoms. The first-order valence-electron chi connectivity index (χ1n) is 6.92. The molecule has 0 saturated heterocycles. The fraction of sp³-hybridized carbons (Fsp3) is 0.533. The molecule has 2 fully saturated rings. The highest BCUT2D eigenvalue weighted by Gasteiger charge is 2.54. The van der Waals surface area contributed by atoms with Crippen molar-refractivity contribution in [3.8, 4) is 0 Å². The Morgan fingerprint density at radius 1 is 1.37 bits per heavy atom. The zero-order valence-corrected chi connectivity index (χ0v) is 11.5. The number of rotatable bonds is 4. The lowest BCUT2D eigenvalue weighted by atomic mass is 10.0. The Morgan fingerprint density at radius 3 is 2.79 bits per heavy atom. The van der Waals surface area contributed by atoms with Crippen LogP contribution in [-0.4, -0.2) is 9.55 Å². The van der Waals surface area contributed by atoms with E-state index in [1.165, 1.54) is 37.8 Å². The molecule has 0 bridgehead atoms. The summed E-state index contributed by atoms with van der Waals surface area (Å²) in [4.78, 5) is 4.47. The summed E-state index contributed by atoms with van der Waals surface area (Å²) in [7, 11) is 0. The topological polar surface area (TPSA) is 17.8 Å². The molecule has 0 amide bonds. The molecule has 0 N–H and O–H groups in total. The average molecular weight is 279 g/mol. The normalized spacial score (nSPS) is 20.9. The quantitative estimate of drug-likeness (QED) is 0.770. The van der Waals surface area contributed by atoms with Gasteiger partial charge in [-0.25, -0.2) is 9.37 Å². The maximum absolute atomic E-state index is 13.3. The third-order valence-electron chi connectivity index (χ3n) is 4.72. The first-order valence-corrected chi connectivity index (χ1v) is 7.46. The van der Waals surface area contributed by atoms with Crippen LogP contribution in [-0.2, 0) is 12.4 Å². The highest BCUT2D eigenvalue weighted by molar-refractivity contribution is 6.16. The summed E-state index contributed by atoms with van der Waals surface area (Å²) in [6, 6.07) is 4.84. The Labute approximate surface area is 116 Å². The molecule has 2 nitrogen and oxygen atoms in total. The van der Waals surface area contributed by atoms with Gasteiger partial charge in [-0.15, -0.1) is 11.6 Å². The number of imidazole rings is 1. The molecule has 2 aromatic rings. The predicted molar refractivity (Wildman–Crippen MR) is 73.6 cm³/mol. The van der Waals surface area contributed by atoms with Gasteiger partial charge in [-0.3, -0.25) is 0 Å². The third kappa shape index (κ3) is 1.86. The zero-order chi connectivity index (χ0) is 13.0. The minimum atomic E-state index is -0.235. The van der Waals surface area contributed by atoms with Crippen LogP contribution < -0.4 is 0 Å². The third-order valence-corrected chi connectivity index (χ3v) is 4.96. The molecule has 0 radical (unpaired) electrons. The van der Waals surface area contributed by atoms with Crippen molar-refractivity contribution in [2.45, 2.75) is 38.1 Å². The van der Waals surface area contributed by atoms with Crippen molar-refractivity contribution < 1.29 is 4.39 Å². The van der Waals surface area contributed by atoms with Gasteiger partial charge in [-0.05, 0) is 49.1 Å². The number of fused-ring (bicyclic) bond motifs is 1. The first kappa shape index (κ1) is 11.7. The van der Waals surface area contributed by atoms with Crippen molar-refractivity contribution in [2.75, 3.05) is 0 Å². The summed E-state index contributed by atoms with van der Waals surface area (Å²) in [5, 5.41) is 0. The summed E-state index contributed by atoms with van der Waals surface area (Å²) >= 11 is 6.01. The highest BCUT2D eigenvalue weighted by atomic mass is 35.5. The maximum Gasteiger partial charge on any atom is 0.125 e. The highest BCUT2D eigenvalue weighted by Crippen LogP contribution is 2.62.